The second-order valence-corrected chi connectivity index (χ2v) is 8.14. The molecule has 0 spiro atoms. The number of carboxylic acid groups (broad SMARTS) is 5. The number of carboxylic acids is 5. The fourth-order valence-electron chi connectivity index (χ4n) is 0.833. The van der Waals surface area contributed by atoms with Crippen molar-refractivity contribution < 1.29 is 71.9 Å². The van der Waals surface area contributed by atoms with Gasteiger partial charge in [-0.2, -0.15) is 0 Å². The summed E-state index contributed by atoms with van der Waals surface area (Å²) in [6.45, 7) is 17.3. The predicted octanol–water partition coefficient (Wildman–Crippen LogP) is -1.09. The molecule has 0 aliphatic carbocycles. The van der Waals surface area contributed by atoms with E-state index < -0.39 is 29.8 Å². The van der Waals surface area contributed by atoms with Crippen LogP contribution in [0.15, 0.2) is 0 Å². The third kappa shape index (κ3) is 39.3. The Morgan fingerprint density at radius 3 is 0.472 bits per heavy atom. The molecule has 0 saturated heterocycles. The van der Waals surface area contributed by atoms with Gasteiger partial charge in [0.1, 0.15) is 0 Å². The normalized spacial score (nSPS) is 13.1. The molecule has 36 heavy (non-hydrogen) atoms. The Balaban J connectivity index is -0.0000000776. The molecule has 5 unspecified atom stereocenters. The van der Waals surface area contributed by atoms with E-state index in [0.29, 0.717) is 32.1 Å². The molecule has 210 valence electrons. The van der Waals surface area contributed by atoms with Crippen LogP contribution >= 0.6 is 0 Å². The van der Waals surface area contributed by atoms with Crippen LogP contribution in [-0.2, 0) is 46.4 Å². The summed E-state index contributed by atoms with van der Waals surface area (Å²) >= 11 is 0. The summed E-state index contributed by atoms with van der Waals surface area (Å²) in [5, 5.41) is 49.1. The molecule has 11 heteroatoms. The molecule has 0 saturated carbocycles. The number of carbonyl (C=O) groups is 5. The molecule has 0 amide bonds. The van der Waals surface area contributed by atoms with Gasteiger partial charge in [-0.25, -0.2) is 0 Å². The van der Waals surface area contributed by atoms with E-state index in [9.17, 15) is 49.5 Å². The number of hydrogen-bond acceptors (Lipinski definition) is 10. The maximum atomic E-state index is 9.82. The zero-order valence-electron chi connectivity index (χ0n) is 23.5. The van der Waals surface area contributed by atoms with E-state index in [2.05, 4.69) is 0 Å². The van der Waals surface area contributed by atoms with Gasteiger partial charge in [0.2, 0.25) is 0 Å². The minimum Gasteiger partial charge on any atom is -0.550 e. The van der Waals surface area contributed by atoms with Crippen LogP contribution in [0.1, 0.15) is 101 Å². The number of hydrogen-bond donors (Lipinski definition) is 0. The molecule has 0 aromatic rings. The Kier molecular flexibility index (Phi) is 40.9. The van der Waals surface area contributed by atoms with Crippen molar-refractivity contribution in [2.45, 2.75) is 101 Å². The summed E-state index contributed by atoms with van der Waals surface area (Å²) in [6.07, 6.45) is 3.28. The second-order valence-electron chi connectivity index (χ2n) is 8.14. The molecule has 0 heterocycles. The Labute approximate surface area is 232 Å². The van der Waals surface area contributed by atoms with Gasteiger partial charge < -0.3 is 49.5 Å². The summed E-state index contributed by atoms with van der Waals surface area (Å²) in [6, 6.07) is 0. The van der Waals surface area contributed by atoms with Crippen molar-refractivity contribution in [2.24, 2.45) is 29.6 Å². The minimum atomic E-state index is -0.956. The Morgan fingerprint density at radius 1 is 0.389 bits per heavy atom. The average molecular weight is 687 g/mol. The molecule has 0 aliphatic heterocycles. The molecule has 0 aromatic heterocycles. The van der Waals surface area contributed by atoms with Gasteiger partial charge in [0.05, 0.1) is 0 Å². The van der Waals surface area contributed by atoms with Crippen LogP contribution in [-0.4, -0.2) is 29.8 Å². The number of rotatable bonds is 10. The van der Waals surface area contributed by atoms with E-state index in [0.717, 1.165) is 0 Å². The minimum absolute atomic E-state index is 0. The molecular weight excluding hydrogens is 641 g/mol. The largest absolute Gasteiger partial charge is 5.00 e. The fourth-order valence-corrected chi connectivity index (χ4v) is 0.833. The second kappa shape index (κ2) is 31.1. The first-order valence-corrected chi connectivity index (χ1v) is 11.9. The van der Waals surface area contributed by atoms with E-state index in [1.165, 1.54) is 0 Å². The van der Waals surface area contributed by atoms with Crippen molar-refractivity contribution >= 4 is 29.8 Å². The summed E-state index contributed by atoms with van der Waals surface area (Å²) < 4.78 is 0. The standard InChI is InChI=1S/5C5H10O2.Ta/c5*1-3-4(2)5(6)7;/h5*4H,3H2,1-2H3,(H,6,7);/q;;;;;+5/p-5. The summed E-state index contributed by atoms with van der Waals surface area (Å²) in [5.41, 5.74) is 0. The maximum Gasteiger partial charge on any atom is 5.00 e. The number of carbonyl (C=O) groups excluding carboxylic acids is 5. The van der Waals surface area contributed by atoms with E-state index in [4.69, 9.17) is 0 Å². The molecule has 0 N–H and O–H groups in total. The number of aliphatic carboxylic acids is 5. The first kappa shape index (κ1) is 47.3. The summed E-state index contributed by atoms with van der Waals surface area (Å²) in [7, 11) is 0. The molecule has 0 fully saturated rings. The van der Waals surface area contributed by atoms with Crippen LogP contribution < -0.4 is 25.5 Å². The van der Waals surface area contributed by atoms with Crippen molar-refractivity contribution in [3.05, 3.63) is 0 Å². The van der Waals surface area contributed by atoms with Crippen molar-refractivity contribution in [3.63, 3.8) is 0 Å². The molecule has 0 aromatic carbocycles. The van der Waals surface area contributed by atoms with Gasteiger partial charge in [-0.05, 0) is 61.7 Å². The van der Waals surface area contributed by atoms with Crippen LogP contribution in [0.25, 0.3) is 0 Å². The zero-order chi connectivity index (χ0) is 29.3. The topological polar surface area (TPSA) is 201 Å². The quantitative estimate of drug-likeness (QED) is 0.272. The molecular formula is C25H45O10Ta. The summed E-state index contributed by atoms with van der Waals surface area (Å²) in [4.78, 5) is 49.1. The molecule has 0 rings (SSSR count). The van der Waals surface area contributed by atoms with Gasteiger partial charge >= 0.3 is 22.4 Å². The Morgan fingerprint density at radius 2 is 0.472 bits per heavy atom. The van der Waals surface area contributed by atoms with Gasteiger partial charge in [0, 0.05) is 29.8 Å². The Hall–Kier alpha value is -1.91. The van der Waals surface area contributed by atoms with Crippen LogP contribution in [0.4, 0.5) is 0 Å². The van der Waals surface area contributed by atoms with Gasteiger partial charge in [-0.15, -0.1) is 0 Å². The fraction of sp³-hybridized carbons (Fsp3) is 0.800. The SMILES string of the molecule is CCC(C)C(=O)[O-].CCC(C)C(=O)[O-].CCC(C)C(=O)[O-].CCC(C)C(=O)[O-].CCC(C)C(=O)[O-].[Ta+5]. The first-order chi connectivity index (χ1) is 15.9. The van der Waals surface area contributed by atoms with Crippen molar-refractivity contribution in [3.8, 4) is 0 Å². The molecule has 5 atom stereocenters. The summed E-state index contributed by atoms with van der Waals surface area (Å²) in [5.74, 6) is -6.24. The predicted molar refractivity (Wildman–Crippen MR) is 122 cm³/mol. The van der Waals surface area contributed by atoms with Gasteiger partial charge in [-0.3, -0.25) is 0 Å². The van der Waals surface area contributed by atoms with E-state index in [1.54, 1.807) is 34.6 Å². The van der Waals surface area contributed by atoms with Gasteiger partial charge in [-0.1, -0.05) is 69.2 Å². The molecule has 0 bridgehead atoms. The van der Waals surface area contributed by atoms with Crippen molar-refractivity contribution in [2.75, 3.05) is 0 Å². The van der Waals surface area contributed by atoms with Gasteiger partial charge in [0.15, 0.2) is 0 Å². The first-order valence-electron chi connectivity index (χ1n) is 11.9. The van der Waals surface area contributed by atoms with Crippen LogP contribution in [0.2, 0.25) is 0 Å². The third-order valence-electron chi connectivity index (χ3n) is 5.07. The third-order valence-corrected chi connectivity index (χ3v) is 5.07. The van der Waals surface area contributed by atoms with Gasteiger partial charge in [0.25, 0.3) is 0 Å². The monoisotopic (exact) mass is 686 g/mol. The van der Waals surface area contributed by atoms with E-state index >= 15 is 0 Å². The van der Waals surface area contributed by atoms with Crippen molar-refractivity contribution in [1.82, 2.24) is 0 Å². The van der Waals surface area contributed by atoms with E-state index in [-0.39, 0.29) is 52.0 Å². The average Bonchev–Trinajstić information content (AvgIpc) is 2.82. The van der Waals surface area contributed by atoms with Crippen LogP contribution in [0, 0.1) is 29.6 Å². The molecule has 0 aliphatic rings. The van der Waals surface area contributed by atoms with Crippen molar-refractivity contribution in [1.29, 1.82) is 0 Å². The zero-order valence-corrected chi connectivity index (χ0v) is 26.7. The van der Waals surface area contributed by atoms with Crippen LogP contribution in [0.3, 0.4) is 0 Å². The smallest absolute Gasteiger partial charge is 0.550 e. The van der Waals surface area contributed by atoms with E-state index in [1.807, 2.05) is 34.6 Å². The molecule has 10 nitrogen and oxygen atoms in total. The molecule has 0 radical (unpaired) electrons. The maximum absolute atomic E-state index is 9.82. The van der Waals surface area contributed by atoms with Crippen LogP contribution in [0.5, 0.6) is 0 Å². The Bertz CT molecular complexity index is 465.